The Labute approximate surface area is 146 Å². The average molecular weight is 332 g/mol. The number of piperidine rings is 1. The highest BCUT2D eigenvalue weighted by molar-refractivity contribution is 5.74. The number of nitrogens with zero attached hydrogens (tertiary/aromatic N) is 1. The Balaban J connectivity index is 1.80. The van der Waals surface area contributed by atoms with Crippen LogP contribution in [0.15, 0.2) is 30.3 Å². The fourth-order valence-electron chi connectivity index (χ4n) is 3.45. The maximum Gasteiger partial charge on any atom is 0.317 e. The second kappa shape index (κ2) is 8.02. The molecule has 0 spiro atoms. The molecule has 1 fully saturated rings. The van der Waals surface area contributed by atoms with Crippen molar-refractivity contribution in [3.63, 3.8) is 0 Å². The third-order valence-corrected chi connectivity index (χ3v) is 5.44. The van der Waals surface area contributed by atoms with Gasteiger partial charge in [-0.3, -0.25) is 0 Å². The van der Waals surface area contributed by atoms with E-state index in [2.05, 4.69) is 50.4 Å². The third-order valence-electron chi connectivity index (χ3n) is 5.44. The molecule has 134 valence electrons. The van der Waals surface area contributed by atoms with Gasteiger partial charge in [-0.1, -0.05) is 51.1 Å². The number of hydrogen-bond donors (Lipinski definition) is 2. The van der Waals surface area contributed by atoms with Crippen molar-refractivity contribution in [1.82, 2.24) is 10.2 Å². The number of rotatable bonds is 6. The largest absolute Gasteiger partial charge is 0.396 e. The van der Waals surface area contributed by atoms with Crippen LogP contribution >= 0.6 is 0 Å². The van der Waals surface area contributed by atoms with Crippen molar-refractivity contribution in [2.45, 2.75) is 46.5 Å². The molecule has 1 heterocycles. The van der Waals surface area contributed by atoms with E-state index < -0.39 is 0 Å². The van der Waals surface area contributed by atoms with E-state index in [0.29, 0.717) is 6.54 Å². The van der Waals surface area contributed by atoms with E-state index in [1.54, 1.807) is 0 Å². The third kappa shape index (κ3) is 4.97. The summed E-state index contributed by atoms with van der Waals surface area (Å²) in [6, 6.07) is 10.4. The van der Waals surface area contributed by atoms with E-state index >= 15 is 0 Å². The van der Waals surface area contributed by atoms with Crippen LogP contribution in [0.25, 0.3) is 0 Å². The molecule has 1 aromatic carbocycles. The highest BCUT2D eigenvalue weighted by Crippen LogP contribution is 2.34. The number of carbonyl (C=O) groups excluding carboxylic acids is 1. The van der Waals surface area contributed by atoms with Gasteiger partial charge in [0.25, 0.3) is 0 Å². The topological polar surface area (TPSA) is 52.6 Å². The van der Waals surface area contributed by atoms with Crippen LogP contribution in [0.4, 0.5) is 4.79 Å². The summed E-state index contributed by atoms with van der Waals surface area (Å²) in [5.41, 5.74) is 1.33. The van der Waals surface area contributed by atoms with Gasteiger partial charge in [0, 0.05) is 26.2 Å². The summed E-state index contributed by atoms with van der Waals surface area (Å²) < 4.78 is 0. The number of nitrogens with one attached hydrogen (secondary N) is 1. The SMILES string of the molecule is CCC1(CO)CCN(C(=O)NCC(C)(C)Cc2ccccc2)CC1. The molecule has 1 aliphatic rings. The summed E-state index contributed by atoms with van der Waals surface area (Å²) in [5.74, 6) is 0. The minimum atomic E-state index is 0.0172. The number of carbonyl (C=O) groups is 1. The maximum absolute atomic E-state index is 12.4. The lowest BCUT2D eigenvalue weighted by molar-refractivity contribution is 0.0515. The monoisotopic (exact) mass is 332 g/mol. The number of urea groups is 1. The van der Waals surface area contributed by atoms with Gasteiger partial charge in [0.1, 0.15) is 0 Å². The first kappa shape index (κ1) is 18.8. The molecule has 0 aromatic heterocycles. The minimum Gasteiger partial charge on any atom is -0.396 e. The van der Waals surface area contributed by atoms with Gasteiger partial charge < -0.3 is 15.3 Å². The van der Waals surface area contributed by atoms with E-state index in [-0.39, 0.29) is 23.5 Å². The second-order valence-electron chi connectivity index (χ2n) is 7.98. The minimum absolute atomic E-state index is 0.0172. The van der Waals surface area contributed by atoms with Gasteiger partial charge >= 0.3 is 6.03 Å². The molecule has 2 N–H and O–H groups in total. The molecule has 0 radical (unpaired) electrons. The molecule has 0 aliphatic carbocycles. The molecule has 2 amide bonds. The molecule has 1 aromatic rings. The van der Waals surface area contributed by atoms with E-state index in [4.69, 9.17) is 0 Å². The standard InChI is InChI=1S/C20H32N2O2/c1-4-20(16-23)10-12-22(13-11-20)18(24)21-15-19(2,3)14-17-8-6-5-7-9-17/h5-9,23H,4,10-16H2,1-3H3,(H,21,24). The Morgan fingerprint density at radius 1 is 1.25 bits per heavy atom. The Morgan fingerprint density at radius 2 is 1.88 bits per heavy atom. The van der Waals surface area contributed by atoms with Crippen LogP contribution in [0.1, 0.15) is 45.6 Å². The Kier molecular flexibility index (Phi) is 6.27. The summed E-state index contributed by atoms with van der Waals surface area (Å²) >= 11 is 0. The summed E-state index contributed by atoms with van der Waals surface area (Å²) in [7, 11) is 0. The summed E-state index contributed by atoms with van der Waals surface area (Å²) in [5, 5.41) is 12.7. The molecular formula is C20H32N2O2. The zero-order valence-corrected chi connectivity index (χ0v) is 15.3. The van der Waals surface area contributed by atoms with Gasteiger partial charge in [0.15, 0.2) is 0 Å². The van der Waals surface area contributed by atoms with Crippen LogP contribution in [0.5, 0.6) is 0 Å². The van der Waals surface area contributed by atoms with Crippen molar-refractivity contribution in [1.29, 1.82) is 0 Å². The second-order valence-corrected chi connectivity index (χ2v) is 7.98. The van der Waals surface area contributed by atoms with Crippen LogP contribution in [0, 0.1) is 10.8 Å². The molecular weight excluding hydrogens is 300 g/mol. The van der Waals surface area contributed by atoms with Crippen molar-refractivity contribution in [3.8, 4) is 0 Å². The summed E-state index contributed by atoms with van der Waals surface area (Å²) in [6.07, 6.45) is 3.70. The fraction of sp³-hybridized carbons (Fsp3) is 0.650. The first-order valence-electron chi connectivity index (χ1n) is 9.07. The van der Waals surface area contributed by atoms with Crippen molar-refractivity contribution < 1.29 is 9.90 Å². The number of benzene rings is 1. The summed E-state index contributed by atoms with van der Waals surface area (Å²) in [4.78, 5) is 14.3. The zero-order valence-electron chi connectivity index (χ0n) is 15.3. The number of aliphatic hydroxyl groups excluding tert-OH is 1. The van der Waals surface area contributed by atoms with Gasteiger partial charge in [-0.15, -0.1) is 0 Å². The van der Waals surface area contributed by atoms with Crippen molar-refractivity contribution in [2.24, 2.45) is 10.8 Å². The van der Waals surface area contributed by atoms with E-state index in [1.807, 2.05) is 11.0 Å². The van der Waals surface area contributed by atoms with Gasteiger partial charge in [0.2, 0.25) is 0 Å². The molecule has 0 unspecified atom stereocenters. The van der Waals surface area contributed by atoms with Crippen molar-refractivity contribution in [2.75, 3.05) is 26.2 Å². The predicted octanol–water partition coefficient (Wildman–Crippen LogP) is 3.45. The van der Waals surface area contributed by atoms with Crippen LogP contribution in [0.3, 0.4) is 0 Å². The van der Waals surface area contributed by atoms with Gasteiger partial charge in [-0.25, -0.2) is 4.79 Å². The number of likely N-dealkylation sites (tertiary alicyclic amines) is 1. The quantitative estimate of drug-likeness (QED) is 0.838. The number of hydrogen-bond acceptors (Lipinski definition) is 2. The molecule has 0 atom stereocenters. The van der Waals surface area contributed by atoms with Crippen molar-refractivity contribution >= 4 is 6.03 Å². The highest BCUT2D eigenvalue weighted by Gasteiger charge is 2.34. The fourth-order valence-corrected chi connectivity index (χ4v) is 3.45. The average Bonchev–Trinajstić information content (AvgIpc) is 2.60. The predicted molar refractivity (Wildman–Crippen MR) is 97.9 cm³/mol. The lowest BCUT2D eigenvalue weighted by atomic mass is 9.77. The van der Waals surface area contributed by atoms with E-state index in [1.165, 1.54) is 5.56 Å². The molecule has 24 heavy (non-hydrogen) atoms. The van der Waals surface area contributed by atoms with E-state index in [0.717, 1.165) is 38.8 Å². The smallest absolute Gasteiger partial charge is 0.317 e. The number of aliphatic hydroxyl groups is 1. The highest BCUT2D eigenvalue weighted by atomic mass is 16.3. The number of amides is 2. The molecule has 1 saturated heterocycles. The first-order valence-corrected chi connectivity index (χ1v) is 9.07. The van der Waals surface area contributed by atoms with Crippen LogP contribution in [0.2, 0.25) is 0 Å². The zero-order chi connectivity index (χ0) is 17.6. The van der Waals surface area contributed by atoms with E-state index in [9.17, 15) is 9.90 Å². The molecule has 1 aliphatic heterocycles. The Bertz CT molecular complexity index is 514. The van der Waals surface area contributed by atoms with Crippen molar-refractivity contribution in [3.05, 3.63) is 35.9 Å². The Morgan fingerprint density at radius 3 is 2.42 bits per heavy atom. The maximum atomic E-state index is 12.4. The Hall–Kier alpha value is -1.55. The van der Waals surface area contributed by atoms with Crippen LogP contribution in [-0.2, 0) is 6.42 Å². The molecule has 0 bridgehead atoms. The molecule has 4 nitrogen and oxygen atoms in total. The molecule has 4 heteroatoms. The molecule has 2 rings (SSSR count). The first-order chi connectivity index (χ1) is 11.4. The lowest BCUT2D eigenvalue weighted by Gasteiger charge is -2.40. The lowest BCUT2D eigenvalue weighted by Crippen LogP contribution is -2.49. The van der Waals surface area contributed by atoms with Gasteiger partial charge in [-0.05, 0) is 42.1 Å². The summed E-state index contributed by atoms with van der Waals surface area (Å²) in [6.45, 7) is 8.85. The van der Waals surface area contributed by atoms with Crippen LogP contribution in [-0.4, -0.2) is 42.3 Å². The molecule has 0 saturated carbocycles. The van der Waals surface area contributed by atoms with Gasteiger partial charge in [0.05, 0.1) is 0 Å². The van der Waals surface area contributed by atoms with Crippen LogP contribution < -0.4 is 5.32 Å². The normalized spacial score (nSPS) is 17.6. The van der Waals surface area contributed by atoms with Gasteiger partial charge in [-0.2, -0.15) is 0 Å².